The topological polar surface area (TPSA) is 57.3 Å². The summed E-state index contributed by atoms with van der Waals surface area (Å²) in [6.07, 6.45) is 0.0282. The summed E-state index contributed by atoms with van der Waals surface area (Å²) in [5.74, 6) is 0.486. The lowest BCUT2D eigenvalue weighted by molar-refractivity contribution is -0.145. The summed E-state index contributed by atoms with van der Waals surface area (Å²) in [7, 11) is 1.53. The molecule has 2 rings (SSSR count). The predicted molar refractivity (Wildman–Crippen MR) is 68.8 cm³/mol. The molecule has 1 aliphatic rings. The number of carbonyl (C=O) groups excluding carboxylic acids is 1. The lowest BCUT2D eigenvalue weighted by Crippen LogP contribution is -2.15. The van der Waals surface area contributed by atoms with E-state index < -0.39 is 5.97 Å². The number of rotatable bonds is 6. The lowest BCUT2D eigenvalue weighted by Gasteiger charge is -2.12. The fraction of sp³-hybridized carbons (Fsp3) is 0.462. The van der Waals surface area contributed by atoms with Crippen LogP contribution < -0.4 is 9.47 Å². The molecule has 0 radical (unpaired) electrons. The molecule has 19 heavy (non-hydrogen) atoms. The Morgan fingerprint density at radius 2 is 2.21 bits per heavy atom. The Morgan fingerprint density at radius 3 is 2.79 bits per heavy atom. The number of halogens is 1. The highest BCUT2D eigenvalue weighted by atomic mass is 35.5. The van der Waals surface area contributed by atoms with Crippen molar-refractivity contribution in [2.45, 2.75) is 13.0 Å². The minimum Gasteiger partial charge on any atom is -0.493 e. The molecule has 1 saturated heterocycles. The molecule has 0 aromatic heterocycles. The number of hydrogen-bond donors (Lipinski definition) is 0. The van der Waals surface area contributed by atoms with Crippen LogP contribution >= 0.6 is 11.6 Å². The molecule has 0 N–H and O–H groups in total. The highest BCUT2D eigenvalue weighted by molar-refractivity contribution is 6.31. The summed E-state index contributed by atoms with van der Waals surface area (Å²) in [4.78, 5) is 11.2. The fourth-order valence-corrected chi connectivity index (χ4v) is 1.91. The van der Waals surface area contributed by atoms with Crippen LogP contribution in [0, 0.1) is 0 Å². The average molecular weight is 287 g/mol. The maximum absolute atomic E-state index is 11.2. The third-order valence-corrected chi connectivity index (χ3v) is 2.94. The van der Waals surface area contributed by atoms with Crippen molar-refractivity contribution in [1.82, 2.24) is 0 Å². The van der Waals surface area contributed by atoms with Gasteiger partial charge >= 0.3 is 5.97 Å². The van der Waals surface area contributed by atoms with E-state index in [2.05, 4.69) is 0 Å². The average Bonchev–Trinajstić information content (AvgIpc) is 3.21. The third-order valence-electron chi connectivity index (χ3n) is 2.61. The van der Waals surface area contributed by atoms with Crippen molar-refractivity contribution in [2.75, 3.05) is 26.9 Å². The quantitative estimate of drug-likeness (QED) is 0.593. The molecular formula is C13H15ClO5. The Morgan fingerprint density at radius 1 is 1.47 bits per heavy atom. The van der Waals surface area contributed by atoms with E-state index in [4.69, 9.17) is 30.5 Å². The van der Waals surface area contributed by atoms with Crippen molar-refractivity contribution in [2.24, 2.45) is 0 Å². The van der Waals surface area contributed by atoms with Crippen LogP contribution in [0.2, 0.25) is 5.02 Å². The molecule has 1 atom stereocenters. The van der Waals surface area contributed by atoms with Crippen molar-refractivity contribution in [3.05, 3.63) is 22.7 Å². The van der Waals surface area contributed by atoms with Gasteiger partial charge in [0.1, 0.15) is 6.10 Å². The summed E-state index contributed by atoms with van der Waals surface area (Å²) in [6, 6.07) is 3.39. The number of carbonyl (C=O) groups is 1. The van der Waals surface area contributed by atoms with Gasteiger partial charge in [-0.05, 0) is 13.0 Å². The molecule has 1 aromatic rings. The largest absolute Gasteiger partial charge is 0.493 e. The lowest BCUT2D eigenvalue weighted by atomic mass is 10.1. The molecule has 1 unspecified atom stereocenters. The zero-order valence-corrected chi connectivity index (χ0v) is 11.5. The van der Waals surface area contributed by atoms with Crippen molar-refractivity contribution in [3.8, 4) is 11.5 Å². The van der Waals surface area contributed by atoms with E-state index in [1.807, 2.05) is 0 Å². The molecule has 0 saturated carbocycles. The molecule has 6 heteroatoms. The molecule has 1 heterocycles. The van der Waals surface area contributed by atoms with Crippen LogP contribution in [-0.2, 0) is 14.3 Å². The first kappa shape index (κ1) is 14.0. The Hall–Kier alpha value is -1.46. The van der Waals surface area contributed by atoms with Gasteiger partial charge in [0.25, 0.3) is 0 Å². The van der Waals surface area contributed by atoms with Gasteiger partial charge in [-0.3, -0.25) is 0 Å². The third kappa shape index (κ3) is 3.52. The van der Waals surface area contributed by atoms with Gasteiger partial charge in [0, 0.05) is 11.6 Å². The van der Waals surface area contributed by atoms with Gasteiger partial charge < -0.3 is 18.9 Å². The van der Waals surface area contributed by atoms with Crippen molar-refractivity contribution < 1.29 is 23.7 Å². The van der Waals surface area contributed by atoms with E-state index in [1.165, 1.54) is 7.11 Å². The molecule has 0 spiro atoms. The first-order valence-electron chi connectivity index (χ1n) is 5.93. The minimum atomic E-state index is -0.435. The van der Waals surface area contributed by atoms with Crippen LogP contribution in [0.25, 0.3) is 0 Å². The molecule has 1 fully saturated rings. The molecule has 1 aromatic carbocycles. The number of epoxide rings is 1. The van der Waals surface area contributed by atoms with Crippen molar-refractivity contribution in [3.63, 3.8) is 0 Å². The molecule has 0 aliphatic carbocycles. The summed E-state index contributed by atoms with van der Waals surface area (Å²) >= 11 is 6.14. The van der Waals surface area contributed by atoms with E-state index in [1.54, 1.807) is 19.1 Å². The molecule has 0 amide bonds. The van der Waals surface area contributed by atoms with E-state index in [0.717, 1.165) is 5.56 Å². The van der Waals surface area contributed by atoms with Gasteiger partial charge in [0.05, 0.1) is 25.3 Å². The second-order valence-electron chi connectivity index (χ2n) is 3.94. The van der Waals surface area contributed by atoms with E-state index in [9.17, 15) is 4.79 Å². The number of methoxy groups -OCH3 is 1. The fourth-order valence-electron chi connectivity index (χ4n) is 1.64. The number of benzene rings is 1. The van der Waals surface area contributed by atoms with Crippen LogP contribution in [0.5, 0.6) is 11.5 Å². The zero-order valence-electron chi connectivity index (χ0n) is 10.8. The predicted octanol–water partition coefficient (Wildman–Crippen LogP) is 2.36. The molecule has 104 valence electrons. The van der Waals surface area contributed by atoms with Crippen molar-refractivity contribution in [1.29, 1.82) is 0 Å². The van der Waals surface area contributed by atoms with Crippen LogP contribution in [0.4, 0.5) is 0 Å². The van der Waals surface area contributed by atoms with Crippen LogP contribution in [0.1, 0.15) is 18.6 Å². The molecule has 1 aliphatic heterocycles. The first-order chi connectivity index (χ1) is 9.15. The monoisotopic (exact) mass is 286 g/mol. The van der Waals surface area contributed by atoms with Gasteiger partial charge in [-0.25, -0.2) is 4.79 Å². The number of esters is 1. The van der Waals surface area contributed by atoms with Crippen LogP contribution in [-0.4, -0.2) is 32.9 Å². The number of ether oxygens (including phenoxy) is 4. The van der Waals surface area contributed by atoms with Gasteiger partial charge in [-0.1, -0.05) is 11.6 Å². The summed E-state index contributed by atoms with van der Waals surface area (Å²) in [6.45, 7) is 2.53. The van der Waals surface area contributed by atoms with Gasteiger partial charge in [0.2, 0.25) is 0 Å². The van der Waals surface area contributed by atoms with Gasteiger partial charge in [-0.2, -0.15) is 0 Å². The molecular weight excluding hydrogens is 272 g/mol. The second-order valence-corrected chi connectivity index (χ2v) is 4.35. The highest BCUT2D eigenvalue weighted by Gasteiger charge is 2.28. The van der Waals surface area contributed by atoms with E-state index >= 15 is 0 Å². The Bertz CT molecular complexity index is 470. The van der Waals surface area contributed by atoms with Crippen LogP contribution in [0.15, 0.2) is 12.1 Å². The van der Waals surface area contributed by atoms with Gasteiger partial charge in [0.15, 0.2) is 18.1 Å². The first-order valence-corrected chi connectivity index (χ1v) is 6.31. The smallest absolute Gasteiger partial charge is 0.344 e. The summed E-state index contributed by atoms with van der Waals surface area (Å²) < 4.78 is 20.5. The van der Waals surface area contributed by atoms with E-state index in [0.29, 0.717) is 29.7 Å². The molecule has 5 nitrogen and oxygen atoms in total. The zero-order chi connectivity index (χ0) is 13.8. The molecule has 0 bridgehead atoms. The normalized spacial score (nSPS) is 16.9. The minimum absolute atomic E-state index is 0.0282. The van der Waals surface area contributed by atoms with Crippen molar-refractivity contribution >= 4 is 17.6 Å². The summed E-state index contributed by atoms with van der Waals surface area (Å²) in [5.41, 5.74) is 0.863. The second kappa shape index (κ2) is 6.12. The Balaban J connectivity index is 2.10. The maximum Gasteiger partial charge on any atom is 0.344 e. The standard InChI is InChI=1S/C13H15ClO5/c1-3-17-13(15)7-19-11-5-9(14)8(12-6-18-12)4-10(11)16-2/h4-5,12H,3,6-7H2,1-2H3. The van der Waals surface area contributed by atoms with Crippen LogP contribution in [0.3, 0.4) is 0 Å². The van der Waals surface area contributed by atoms with Gasteiger partial charge in [-0.15, -0.1) is 0 Å². The Kier molecular flexibility index (Phi) is 4.50. The van der Waals surface area contributed by atoms with E-state index in [-0.39, 0.29) is 12.7 Å². The maximum atomic E-state index is 11.2. The SMILES string of the molecule is CCOC(=O)COc1cc(Cl)c(C2CO2)cc1OC. The number of hydrogen-bond acceptors (Lipinski definition) is 5. The Labute approximate surface area is 116 Å². The highest BCUT2D eigenvalue weighted by Crippen LogP contribution is 2.41. The summed E-state index contributed by atoms with van der Waals surface area (Å²) in [5, 5.41) is 0.530.